The summed E-state index contributed by atoms with van der Waals surface area (Å²) in [7, 11) is 0. The second-order valence-corrected chi connectivity index (χ2v) is 8.64. The third kappa shape index (κ3) is 5.94. The molecule has 0 bridgehead atoms. The molecule has 0 spiro atoms. The van der Waals surface area contributed by atoms with Gasteiger partial charge in [-0.1, -0.05) is 22.0 Å². The number of amides is 2. The Morgan fingerprint density at radius 1 is 1.14 bits per heavy atom. The van der Waals surface area contributed by atoms with Crippen LogP contribution >= 0.6 is 15.9 Å². The standard InChI is InChI=1S/C20H25BrF3N3O2/c21-16-4-1-3-15(11-16)19(29)25-12-14-6-9-26(10-7-14)13-18(28)27-8-2-5-17(27)20(22,23)24/h1,3-4,11,14,17H,2,5-10,12-13H2,(H,25,29). The molecule has 160 valence electrons. The second kappa shape index (κ2) is 9.47. The lowest BCUT2D eigenvalue weighted by atomic mass is 9.96. The van der Waals surface area contributed by atoms with E-state index in [1.54, 1.807) is 18.2 Å². The number of likely N-dealkylation sites (tertiary alicyclic amines) is 2. The van der Waals surface area contributed by atoms with Crippen LogP contribution in [0.3, 0.4) is 0 Å². The van der Waals surface area contributed by atoms with Crippen molar-refractivity contribution in [3.63, 3.8) is 0 Å². The fourth-order valence-corrected chi connectivity index (χ4v) is 4.40. The van der Waals surface area contributed by atoms with Crippen LogP contribution in [0.25, 0.3) is 0 Å². The van der Waals surface area contributed by atoms with E-state index in [2.05, 4.69) is 21.2 Å². The summed E-state index contributed by atoms with van der Waals surface area (Å²) in [5.41, 5.74) is 0.590. The monoisotopic (exact) mass is 475 g/mol. The number of carbonyl (C=O) groups is 2. The average molecular weight is 476 g/mol. The summed E-state index contributed by atoms with van der Waals surface area (Å²) in [5.74, 6) is -0.269. The predicted molar refractivity (Wildman–Crippen MR) is 106 cm³/mol. The van der Waals surface area contributed by atoms with Crippen LogP contribution in [-0.2, 0) is 4.79 Å². The first-order valence-electron chi connectivity index (χ1n) is 9.86. The van der Waals surface area contributed by atoms with E-state index >= 15 is 0 Å². The molecule has 0 aliphatic carbocycles. The summed E-state index contributed by atoms with van der Waals surface area (Å²) in [4.78, 5) is 27.5. The molecule has 2 heterocycles. The predicted octanol–water partition coefficient (Wildman–Crippen LogP) is 3.44. The van der Waals surface area contributed by atoms with E-state index in [-0.39, 0.29) is 25.4 Å². The van der Waals surface area contributed by atoms with Crippen LogP contribution in [0.1, 0.15) is 36.0 Å². The molecule has 5 nitrogen and oxygen atoms in total. The van der Waals surface area contributed by atoms with Crippen molar-refractivity contribution in [2.75, 3.05) is 32.7 Å². The number of alkyl halides is 3. The van der Waals surface area contributed by atoms with Crippen molar-refractivity contribution in [3.8, 4) is 0 Å². The van der Waals surface area contributed by atoms with E-state index in [1.165, 1.54) is 0 Å². The van der Waals surface area contributed by atoms with Crippen molar-refractivity contribution in [2.45, 2.75) is 37.9 Å². The van der Waals surface area contributed by atoms with Crippen molar-refractivity contribution >= 4 is 27.7 Å². The van der Waals surface area contributed by atoms with Crippen LogP contribution in [0.4, 0.5) is 13.2 Å². The van der Waals surface area contributed by atoms with Gasteiger partial charge in [0.2, 0.25) is 5.91 Å². The second-order valence-electron chi connectivity index (χ2n) is 7.73. The van der Waals surface area contributed by atoms with Gasteiger partial charge in [0.1, 0.15) is 6.04 Å². The van der Waals surface area contributed by atoms with Gasteiger partial charge in [-0.2, -0.15) is 13.2 Å². The lowest BCUT2D eigenvalue weighted by Gasteiger charge is -2.34. The van der Waals surface area contributed by atoms with Gasteiger partial charge in [-0.15, -0.1) is 0 Å². The molecule has 9 heteroatoms. The SMILES string of the molecule is O=C(NCC1CCN(CC(=O)N2CCCC2C(F)(F)F)CC1)c1cccc(Br)c1. The smallest absolute Gasteiger partial charge is 0.352 e. The van der Waals surface area contributed by atoms with E-state index in [0.29, 0.717) is 37.5 Å². The lowest BCUT2D eigenvalue weighted by Crippen LogP contribution is -2.49. The van der Waals surface area contributed by atoms with Crippen LogP contribution in [0.5, 0.6) is 0 Å². The summed E-state index contributed by atoms with van der Waals surface area (Å²) in [6.07, 6.45) is -2.36. The highest BCUT2D eigenvalue weighted by Gasteiger charge is 2.47. The summed E-state index contributed by atoms with van der Waals surface area (Å²) in [6.45, 7) is 2.06. The molecule has 1 unspecified atom stereocenters. The maximum absolute atomic E-state index is 13.1. The van der Waals surface area contributed by atoms with Gasteiger partial charge in [0.05, 0.1) is 6.54 Å². The average Bonchev–Trinajstić information content (AvgIpc) is 3.18. The fourth-order valence-electron chi connectivity index (χ4n) is 4.01. The number of benzene rings is 1. The number of nitrogens with one attached hydrogen (secondary N) is 1. The molecule has 1 N–H and O–H groups in total. The summed E-state index contributed by atoms with van der Waals surface area (Å²) in [5, 5.41) is 2.94. The van der Waals surface area contributed by atoms with E-state index in [0.717, 1.165) is 22.2 Å². The Balaban J connectivity index is 1.41. The Bertz CT molecular complexity index is 736. The molecule has 1 aromatic carbocycles. The van der Waals surface area contributed by atoms with E-state index < -0.39 is 18.1 Å². The lowest BCUT2D eigenvalue weighted by molar-refractivity contribution is -0.183. The fraction of sp³-hybridized carbons (Fsp3) is 0.600. The first-order valence-corrected chi connectivity index (χ1v) is 10.7. The molecule has 0 saturated carbocycles. The van der Waals surface area contributed by atoms with Gasteiger partial charge in [0.25, 0.3) is 5.91 Å². The number of carbonyl (C=O) groups excluding carboxylic acids is 2. The molecule has 2 fully saturated rings. The van der Waals surface area contributed by atoms with Crippen LogP contribution in [0, 0.1) is 5.92 Å². The molecule has 3 rings (SSSR count). The van der Waals surface area contributed by atoms with E-state index in [1.807, 2.05) is 11.0 Å². The molecule has 2 amide bonds. The molecule has 1 aromatic rings. The van der Waals surface area contributed by atoms with Crippen molar-refractivity contribution in [1.82, 2.24) is 15.1 Å². The third-order valence-electron chi connectivity index (χ3n) is 5.66. The number of hydrogen-bond donors (Lipinski definition) is 1. The van der Waals surface area contributed by atoms with Gasteiger partial charge >= 0.3 is 6.18 Å². The minimum absolute atomic E-state index is 0.00496. The highest BCUT2D eigenvalue weighted by molar-refractivity contribution is 9.10. The summed E-state index contributed by atoms with van der Waals surface area (Å²) < 4.78 is 40.0. The molecule has 2 aliphatic heterocycles. The van der Waals surface area contributed by atoms with Gasteiger partial charge in [-0.05, 0) is 62.9 Å². The van der Waals surface area contributed by atoms with Gasteiger partial charge in [0, 0.05) is 23.1 Å². The molecule has 1 atom stereocenters. The zero-order valence-corrected chi connectivity index (χ0v) is 17.6. The zero-order chi connectivity index (χ0) is 21.0. The van der Waals surface area contributed by atoms with Crippen LogP contribution < -0.4 is 5.32 Å². The molecule has 2 aliphatic rings. The van der Waals surface area contributed by atoms with Gasteiger partial charge in [0.15, 0.2) is 0 Å². The van der Waals surface area contributed by atoms with E-state index in [9.17, 15) is 22.8 Å². The normalized spacial score (nSPS) is 21.4. The first kappa shape index (κ1) is 22.1. The highest BCUT2D eigenvalue weighted by Crippen LogP contribution is 2.32. The van der Waals surface area contributed by atoms with Crippen LogP contribution in [0.2, 0.25) is 0 Å². The molecule has 2 saturated heterocycles. The Hall–Kier alpha value is -1.61. The maximum atomic E-state index is 13.1. The number of hydrogen-bond acceptors (Lipinski definition) is 3. The number of nitrogens with zero attached hydrogens (tertiary/aromatic N) is 2. The highest BCUT2D eigenvalue weighted by atomic mass is 79.9. The Morgan fingerprint density at radius 2 is 1.86 bits per heavy atom. The number of piperidine rings is 1. The minimum atomic E-state index is -4.36. The summed E-state index contributed by atoms with van der Waals surface area (Å²) >= 11 is 3.34. The summed E-state index contributed by atoms with van der Waals surface area (Å²) in [6, 6.07) is 5.53. The van der Waals surface area contributed by atoms with Gasteiger partial charge in [-0.25, -0.2) is 0 Å². The quantitative estimate of drug-likeness (QED) is 0.709. The van der Waals surface area contributed by atoms with Crippen LogP contribution in [0.15, 0.2) is 28.7 Å². The number of halogens is 4. The van der Waals surface area contributed by atoms with Gasteiger partial charge < -0.3 is 10.2 Å². The Morgan fingerprint density at radius 3 is 2.52 bits per heavy atom. The molecule has 0 aromatic heterocycles. The Kier molecular flexibility index (Phi) is 7.21. The van der Waals surface area contributed by atoms with Crippen molar-refractivity contribution in [3.05, 3.63) is 34.3 Å². The zero-order valence-electron chi connectivity index (χ0n) is 16.1. The molecule has 0 radical (unpaired) electrons. The largest absolute Gasteiger partial charge is 0.408 e. The third-order valence-corrected chi connectivity index (χ3v) is 6.15. The molecular weight excluding hydrogens is 451 g/mol. The van der Waals surface area contributed by atoms with Gasteiger partial charge in [-0.3, -0.25) is 14.5 Å². The Labute approximate surface area is 176 Å². The van der Waals surface area contributed by atoms with Crippen molar-refractivity contribution < 1.29 is 22.8 Å². The number of rotatable bonds is 5. The minimum Gasteiger partial charge on any atom is -0.352 e. The van der Waals surface area contributed by atoms with Crippen LogP contribution in [-0.4, -0.2) is 66.6 Å². The topological polar surface area (TPSA) is 52.7 Å². The molecular formula is C20H25BrF3N3O2. The van der Waals surface area contributed by atoms with Crippen molar-refractivity contribution in [1.29, 1.82) is 0 Å². The van der Waals surface area contributed by atoms with Crippen molar-refractivity contribution in [2.24, 2.45) is 5.92 Å². The maximum Gasteiger partial charge on any atom is 0.408 e. The molecule has 29 heavy (non-hydrogen) atoms. The first-order chi connectivity index (χ1) is 13.7. The van der Waals surface area contributed by atoms with E-state index in [4.69, 9.17) is 0 Å².